The number of nitrogens with zero attached hydrogens (tertiary/aromatic N) is 1. The molecule has 0 aromatic carbocycles. The maximum absolute atomic E-state index is 7.23. The number of hydrogen-bond donors (Lipinski definition) is 4. The van der Waals surface area contributed by atoms with Gasteiger partial charge >= 0.3 is 0 Å². The fourth-order valence-corrected chi connectivity index (χ4v) is 0.951. The molecule has 0 fully saturated rings. The first-order valence-corrected chi connectivity index (χ1v) is 3.78. The smallest absolute Gasteiger partial charge is 0.123 e. The highest BCUT2D eigenvalue weighted by Gasteiger charge is 2.06. The lowest BCUT2D eigenvalue weighted by Crippen LogP contribution is -2.12. The highest BCUT2D eigenvalue weighted by molar-refractivity contribution is 6.68. The molecule has 0 spiro atoms. The number of halogens is 1. The molecule has 0 saturated carbocycles. The van der Waals surface area contributed by atoms with Gasteiger partial charge < -0.3 is 5.73 Å². The molecule has 13 heavy (non-hydrogen) atoms. The SMILES string of the molecule is N=C(Cl)/C=C(\C(=N)N)c1cn[nH]c1. The third-order valence-electron chi connectivity index (χ3n) is 1.37. The first-order chi connectivity index (χ1) is 6.11. The number of aromatic nitrogens is 2. The van der Waals surface area contributed by atoms with Crippen LogP contribution in [0, 0.1) is 10.8 Å². The van der Waals surface area contributed by atoms with Crippen molar-refractivity contribution >= 4 is 28.2 Å². The molecule has 0 aliphatic carbocycles. The zero-order valence-corrected chi connectivity index (χ0v) is 7.39. The van der Waals surface area contributed by atoms with E-state index in [1.165, 1.54) is 12.3 Å². The first kappa shape index (κ1) is 9.47. The standard InChI is InChI=1S/C7H8ClN5/c8-6(9)1-5(7(10)11)4-2-12-13-3-4/h1-3,9H,(H3,10,11)(H,12,13)/b5-1-,9-6?. The van der Waals surface area contributed by atoms with E-state index in [9.17, 15) is 0 Å². The molecule has 68 valence electrons. The summed E-state index contributed by atoms with van der Waals surface area (Å²) < 4.78 is 0. The Hall–Kier alpha value is -1.62. The van der Waals surface area contributed by atoms with Crippen LogP contribution in [0.15, 0.2) is 18.5 Å². The molecule has 0 aliphatic rings. The summed E-state index contributed by atoms with van der Waals surface area (Å²) in [6, 6.07) is 0. The number of H-pyrrole nitrogens is 1. The summed E-state index contributed by atoms with van der Waals surface area (Å²) in [4.78, 5) is 0. The molecule has 0 radical (unpaired) electrons. The van der Waals surface area contributed by atoms with Crippen LogP contribution in [0.1, 0.15) is 5.56 Å². The molecule has 0 atom stereocenters. The van der Waals surface area contributed by atoms with Crippen LogP contribution in [-0.2, 0) is 0 Å². The van der Waals surface area contributed by atoms with Gasteiger partial charge in [0.25, 0.3) is 0 Å². The van der Waals surface area contributed by atoms with Crippen LogP contribution in [0.3, 0.4) is 0 Å². The van der Waals surface area contributed by atoms with Gasteiger partial charge in [-0.15, -0.1) is 0 Å². The number of amidine groups is 1. The van der Waals surface area contributed by atoms with Crippen molar-refractivity contribution in [3.8, 4) is 0 Å². The van der Waals surface area contributed by atoms with E-state index in [1.807, 2.05) is 0 Å². The molecule has 1 rings (SSSR count). The summed E-state index contributed by atoms with van der Waals surface area (Å²) in [6.45, 7) is 0. The minimum Gasteiger partial charge on any atom is -0.384 e. The van der Waals surface area contributed by atoms with Crippen LogP contribution in [0.4, 0.5) is 0 Å². The first-order valence-electron chi connectivity index (χ1n) is 3.40. The normalized spacial score (nSPS) is 11.3. The van der Waals surface area contributed by atoms with Crippen molar-refractivity contribution < 1.29 is 0 Å². The number of aromatic amines is 1. The zero-order valence-electron chi connectivity index (χ0n) is 6.63. The third kappa shape index (κ3) is 2.41. The number of rotatable bonds is 3. The zero-order chi connectivity index (χ0) is 9.84. The molecule has 0 unspecified atom stereocenters. The fraction of sp³-hybridized carbons (Fsp3) is 0. The number of nitrogens with two attached hydrogens (primary N) is 1. The maximum Gasteiger partial charge on any atom is 0.123 e. The summed E-state index contributed by atoms with van der Waals surface area (Å²) in [5.41, 5.74) is 6.31. The molecule has 5 nitrogen and oxygen atoms in total. The Morgan fingerprint density at radius 1 is 1.62 bits per heavy atom. The molecule has 0 saturated heterocycles. The number of allylic oxidation sites excluding steroid dienone is 1. The molecule has 0 bridgehead atoms. The molecule has 1 aromatic heterocycles. The summed E-state index contributed by atoms with van der Waals surface area (Å²) in [5.74, 6) is -0.146. The molecule has 1 heterocycles. The Kier molecular flexibility index (Phi) is 2.81. The van der Waals surface area contributed by atoms with Gasteiger partial charge in [0.2, 0.25) is 0 Å². The minimum atomic E-state index is -0.175. The predicted octanol–water partition coefficient (Wildman–Crippen LogP) is 0.945. The van der Waals surface area contributed by atoms with Crippen LogP contribution in [-0.4, -0.2) is 21.2 Å². The van der Waals surface area contributed by atoms with Crippen molar-refractivity contribution in [3.63, 3.8) is 0 Å². The Balaban J connectivity index is 3.08. The molecule has 0 aliphatic heterocycles. The van der Waals surface area contributed by atoms with E-state index in [4.69, 9.17) is 28.2 Å². The largest absolute Gasteiger partial charge is 0.384 e. The van der Waals surface area contributed by atoms with Crippen molar-refractivity contribution in [2.45, 2.75) is 0 Å². The van der Waals surface area contributed by atoms with Gasteiger partial charge in [-0.05, 0) is 6.08 Å². The van der Waals surface area contributed by atoms with Gasteiger partial charge in [0.15, 0.2) is 0 Å². The number of hydrogen-bond acceptors (Lipinski definition) is 3. The van der Waals surface area contributed by atoms with Gasteiger partial charge in [0.05, 0.1) is 6.20 Å². The summed E-state index contributed by atoms with van der Waals surface area (Å²) in [5, 5.41) is 20.4. The number of nitrogens with one attached hydrogen (secondary N) is 3. The Morgan fingerprint density at radius 2 is 2.31 bits per heavy atom. The summed E-state index contributed by atoms with van der Waals surface area (Å²) in [7, 11) is 0. The third-order valence-corrected chi connectivity index (χ3v) is 1.48. The van der Waals surface area contributed by atoms with Crippen LogP contribution in [0.2, 0.25) is 0 Å². The van der Waals surface area contributed by atoms with Crippen molar-refractivity contribution in [3.05, 3.63) is 24.0 Å². The highest BCUT2D eigenvalue weighted by atomic mass is 35.5. The van der Waals surface area contributed by atoms with Crippen molar-refractivity contribution in [2.24, 2.45) is 5.73 Å². The summed E-state index contributed by atoms with van der Waals surface area (Å²) in [6.07, 6.45) is 4.38. The molecule has 0 amide bonds. The Labute approximate surface area is 79.6 Å². The minimum absolute atomic E-state index is 0.146. The second kappa shape index (κ2) is 3.86. The average molecular weight is 198 g/mol. The Morgan fingerprint density at radius 3 is 2.69 bits per heavy atom. The van der Waals surface area contributed by atoms with Crippen molar-refractivity contribution in [1.29, 1.82) is 10.8 Å². The average Bonchev–Trinajstić information content (AvgIpc) is 2.50. The van der Waals surface area contributed by atoms with Gasteiger partial charge in [-0.3, -0.25) is 15.9 Å². The van der Waals surface area contributed by atoms with E-state index in [0.717, 1.165) is 0 Å². The molecular formula is C7H8ClN5. The maximum atomic E-state index is 7.23. The van der Waals surface area contributed by atoms with Crippen molar-refractivity contribution in [1.82, 2.24) is 10.2 Å². The van der Waals surface area contributed by atoms with Crippen LogP contribution in [0.5, 0.6) is 0 Å². The lowest BCUT2D eigenvalue weighted by atomic mass is 10.1. The van der Waals surface area contributed by atoms with E-state index in [-0.39, 0.29) is 11.0 Å². The van der Waals surface area contributed by atoms with E-state index in [0.29, 0.717) is 11.1 Å². The molecule has 5 N–H and O–H groups in total. The highest BCUT2D eigenvalue weighted by Crippen LogP contribution is 2.12. The van der Waals surface area contributed by atoms with Crippen LogP contribution >= 0.6 is 11.6 Å². The second-order valence-corrected chi connectivity index (χ2v) is 2.71. The quantitative estimate of drug-likeness (QED) is 0.428. The Bertz CT molecular complexity index is 351. The van der Waals surface area contributed by atoms with E-state index >= 15 is 0 Å². The predicted molar refractivity (Wildman–Crippen MR) is 52.1 cm³/mol. The van der Waals surface area contributed by atoms with Gasteiger partial charge in [0.1, 0.15) is 11.0 Å². The lowest BCUT2D eigenvalue weighted by Gasteiger charge is -2.00. The molecule has 1 aromatic rings. The van der Waals surface area contributed by atoms with Crippen LogP contribution in [0.25, 0.3) is 5.57 Å². The van der Waals surface area contributed by atoms with Gasteiger partial charge in [-0.1, -0.05) is 11.6 Å². The second-order valence-electron chi connectivity index (χ2n) is 2.31. The fourth-order valence-electron chi connectivity index (χ4n) is 0.841. The van der Waals surface area contributed by atoms with Crippen molar-refractivity contribution in [2.75, 3.05) is 0 Å². The van der Waals surface area contributed by atoms with Gasteiger partial charge in [0, 0.05) is 17.3 Å². The van der Waals surface area contributed by atoms with Gasteiger partial charge in [-0.25, -0.2) is 0 Å². The lowest BCUT2D eigenvalue weighted by molar-refractivity contribution is 1.09. The monoisotopic (exact) mass is 197 g/mol. The van der Waals surface area contributed by atoms with E-state index in [2.05, 4.69) is 10.2 Å². The molecule has 6 heteroatoms. The topological polar surface area (TPSA) is 102 Å². The molecular weight excluding hydrogens is 190 g/mol. The van der Waals surface area contributed by atoms with Crippen LogP contribution < -0.4 is 5.73 Å². The van der Waals surface area contributed by atoms with E-state index in [1.54, 1.807) is 6.20 Å². The van der Waals surface area contributed by atoms with E-state index < -0.39 is 0 Å². The summed E-state index contributed by atoms with van der Waals surface area (Å²) >= 11 is 5.36. The van der Waals surface area contributed by atoms with Gasteiger partial charge in [-0.2, -0.15) is 5.10 Å².